The van der Waals surface area contributed by atoms with Crippen LogP contribution in [0.25, 0.3) is 0 Å². The number of nitrogens with zero attached hydrogens (tertiary/aromatic N) is 1. The highest BCUT2D eigenvalue weighted by Crippen LogP contribution is 2.34. The van der Waals surface area contributed by atoms with Crippen LogP contribution in [0.1, 0.15) is 45.7 Å². The van der Waals surface area contributed by atoms with Crippen molar-refractivity contribution in [1.82, 2.24) is 0 Å². The smallest absolute Gasteiger partial charge is 0.196 e. The average Bonchev–Trinajstić information content (AvgIpc) is 2.51. The van der Waals surface area contributed by atoms with Crippen molar-refractivity contribution < 1.29 is 14.8 Å². The van der Waals surface area contributed by atoms with Gasteiger partial charge in [-0.25, -0.2) is 0 Å². The maximum Gasteiger partial charge on any atom is 0.196 e. The van der Waals surface area contributed by atoms with Crippen LogP contribution in [-0.2, 0) is 0 Å². The first-order valence-electron chi connectivity index (χ1n) is 7.38. The molecule has 23 heavy (non-hydrogen) atoms. The summed E-state index contributed by atoms with van der Waals surface area (Å²) in [4.78, 5) is 25.5. The number of hydrogen-bond donors (Lipinski definition) is 1. The first kappa shape index (κ1) is 15.7. The van der Waals surface area contributed by atoms with Gasteiger partial charge in [-0.3, -0.25) is 19.9 Å². The van der Waals surface area contributed by atoms with Gasteiger partial charge in [0.05, 0.1) is 11.3 Å². The quantitative estimate of drug-likeness (QED) is 0.739. The molecular weight excluding hydrogens is 314 g/mol. The molecule has 1 aliphatic rings. The molecule has 0 saturated heterocycles. The van der Waals surface area contributed by atoms with Crippen molar-refractivity contribution in [1.29, 1.82) is 0 Å². The molecule has 0 spiro atoms. The van der Waals surface area contributed by atoms with Crippen molar-refractivity contribution in [3.05, 3.63) is 63.7 Å². The first-order chi connectivity index (χ1) is 10.9. The highest BCUT2D eigenvalue weighted by Gasteiger charge is 2.32. The molecule has 0 saturated carbocycles. The SMILES string of the molecule is CC(C)CN(O)c1cccc2c1C(=O)c1ccc(Cl)cc1C2=O. The fraction of sp³-hybridized carbons (Fsp3) is 0.222. The number of benzene rings is 2. The predicted octanol–water partition coefficient (Wildman–Crippen LogP) is 3.97. The Morgan fingerprint density at radius 3 is 2.48 bits per heavy atom. The number of carbonyl (C=O) groups excluding carboxylic acids is 2. The van der Waals surface area contributed by atoms with Gasteiger partial charge in [-0.1, -0.05) is 37.6 Å². The van der Waals surface area contributed by atoms with Gasteiger partial charge < -0.3 is 0 Å². The summed E-state index contributed by atoms with van der Waals surface area (Å²) in [5.41, 5.74) is 1.52. The summed E-state index contributed by atoms with van der Waals surface area (Å²) in [6, 6.07) is 9.57. The summed E-state index contributed by atoms with van der Waals surface area (Å²) in [5, 5.41) is 11.7. The fourth-order valence-corrected chi connectivity index (χ4v) is 2.98. The summed E-state index contributed by atoms with van der Waals surface area (Å²) in [5.74, 6) is -0.321. The van der Waals surface area contributed by atoms with E-state index in [-0.39, 0.29) is 23.0 Å². The van der Waals surface area contributed by atoms with Crippen LogP contribution in [0.5, 0.6) is 0 Å². The number of ketones is 2. The zero-order valence-corrected chi connectivity index (χ0v) is 13.6. The monoisotopic (exact) mass is 329 g/mol. The Bertz CT molecular complexity index is 814. The van der Waals surface area contributed by atoms with Gasteiger partial charge >= 0.3 is 0 Å². The second-order valence-corrected chi connectivity index (χ2v) is 6.46. The third-order valence-electron chi connectivity index (χ3n) is 3.80. The van der Waals surface area contributed by atoms with Crippen LogP contribution in [0.2, 0.25) is 5.02 Å². The van der Waals surface area contributed by atoms with Crippen LogP contribution >= 0.6 is 11.6 Å². The molecule has 5 heteroatoms. The average molecular weight is 330 g/mol. The number of carbonyl (C=O) groups is 2. The van der Waals surface area contributed by atoms with Gasteiger partial charge in [0.2, 0.25) is 0 Å². The van der Waals surface area contributed by atoms with Crippen molar-refractivity contribution >= 4 is 28.9 Å². The molecule has 0 fully saturated rings. The minimum absolute atomic E-state index is 0.205. The topological polar surface area (TPSA) is 57.6 Å². The second-order valence-electron chi connectivity index (χ2n) is 6.02. The molecule has 2 aromatic rings. The molecule has 4 nitrogen and oxygen atoms in total. The van der Waals surface area contributed by atoms with E-state index in [1.165, 1.54) is 6.07 Å². The van der Waals surface area contributed by atoms with Gasteiger partial charge in [0.1, 0.15) is 0 Å². The molecule has 0 radical (unpaired) electrons. The molecule has 0 aromatic heterocycles. The van der Waals surface area contributed by atoms with Crippen LogP contribution in [0.4, 0.5) is 5.69 Å². The summed E-state index contributed by atoms with van der Waals surface area (Å²) in [6.45, 7) is 4.29. The molecule has 0 unspecified atom stereocenters. The molecule has 0 aliphatic heterocycles. The Morgan fingerprint density at radius 1 is 1.04 bits per heavy atom. The molecule has 3 rings (SSSR count). The summed E-state index contributed by atoms with van der Waals surface area (Å²) in [7, 11) is 0. The lowest BCUT2D eigenvalue weighted by molar-refractivity contribution is 0.0978. The van der Waals surface area contributed by atoms with Crippen LogP contribution in [-0.4, -0.2) is 23.3 Å². The normalized spacial score (nSPS) is 13.1. The van der Waals surface area contributed by atoms with Crippen LogP contribution in [0.3, 0.4) is 0 Å². The van der Waals surface area contributed by atoms with Crippen LogP contribution in [0.15, 0.2) is 36.4 Å². The first-order valence-corrected chi connectivity index (χ1v) is 7.76. The van der Waals surface area contributed by atoms with E-state index in [0.717, 1.165) is 5.06 Å². The molecule has 1 aliphatic carbocycles. The van der Waals surface area contributed by atoms with Crippen molar-refractivity contribution in [3.63, 3.8) is 0 Å². The fourth-order valence-electron chi connectivity index (χ4n) is 2.81. The van der Waals surface area contributed by atoms with Crippen LogP contribution in [0, 0.1) is 5.92 Å². The number of hydrogen-bond acceptors (Lipinski definition) is 4. The minimum atomic E-state index is -0.273. The van der Waals surface area contributed by atoms with Gasteiger partial charge in [-0.2, -0.15) is 0 Å². The third-order valence-corrected chi connectivity index (χ3v) is 4.04. The standard InChI is InChI=1S/C18H16ClNO3/c1-10(2)9-20(23)15-5-3-4-13-16(15)18(22)12-7-6-11(19)8-14(12)17(13)21/h3-8,10,23H,9H2,1-2H3. The lowest BCUT2D eigenvalue weighted by atomic mass is 9.83. The number of halogens is 1. The highest BCUT2D eigenvalue weighted by atomic mass is 35.5. The van der Waals surface area contributed by atoms with E-state index in [1.54, 1.807) is 30.3 Å². The Kier molecular flexibility index (Phi) is 3.96. The van der Waals surface area contributed by atoms with Gasteiger partial charge in [0.15, 0.2) is 11.6 Å². The molecule has 0 atom stereocenters. The Hall–Kier alpha value is -2.17. The molecule has 0 heterocycles. The maximum absolute atomic E-state index is 12.8. The largest absolute Gasteiger partial charge is 0.289 e. The molecule has 0 amide bonds. The van der Waals surface area contributed by atoms with E-state index in [1.807, 2.05) is 13.8 Å². The van der Waals surface area contributed by atoms with E-state index in [9.17, 15) is 14.8 Å². The number of rotatable bonds is 3. The summed E-state index contributed by atoms with van der Waals surface area (Å²) >= 11 is 5.94. The lowest BCUT2D eigenvalue weighted by Gasteiger charge is -2.25. The molecular formula is C18H16ClNO3. The molecule has 1 N–H and O–H groups in total. The second kappa shape index (κ2) is 5.80. The number of fused-ring (bicyclic) bond motifs is 2. The summed E-state index contributed by atoms with van der Waals surface area (Å²) in [6.07, 6.45) is 0. The Morgan fingerprint density at radius 2 is 1.78 bits per heavy atom. The molecule has 118 valence electrons. The van der Waals surface area contributed by atoms with Gasteiger partial charge in [-0.05, 0) is 30.2 Å². The number of hydroxylamine groups is 1. The van der Waals surface area contributed by atoms with Crippen LogP contribution < -0.4 is 5.06 Å². The summed E-state index contributed by atoms with van der Waals surface area (Å²) < 4.78 is 0. The van der Waals surface area contributed by atoms with E-state index in [0.29, 0.717) is 33.9 Å². The van der Waals surface area contributed by atoms with Crippen molar-refractivity contribution in [2.45, 2.75) is 13.8 Å². The van der Waals surface area contributed by atoms with Crippen molar-refractivity contribution in [2.24, 2.45) is 5.92 Å². The lowest BCUT2D eigenvalue weighted by Crippen LogP contribution is -2.29. The Labute approximate surface area is 139 Å². The van der Waals surface area contributed by atoms with Crippen molar-refractivity contribution in [3.8, 4) is 0 Å². The predicted molar refractivity (Wildman–Crippen MR) is 88.7 cm³/mol. The molecule has 2 aromatic carbocycles. The Balaban J connectivity index is 2.17. The third kappa shape index (κ3) is 2.64. The van der Waals surface area contributed by atoms with Gasteiger partial charge in [-0.15, -0.1) is 0 Å². The minimum Gasteiger partial charge on any atom is -0.289 e. The van der Waals surface area contributed by atoms with Crippen molar-refractivity contribution in [2.75, 3.05) is 11.6 Å². The number of anilines is 1. The zero-order valence-electron chi connectivity index (χ0n) is 12.8. The van der Waals surface area contributed by atoms with E-state index >= 15 is 0 Å². The van der Waals surface area contributed by atoms with Gasteiger partial charge in [0.25, 0.3) is 0 Å². The van der Waals surface area contributed by atoms with E-state index < -0.39 is 0 Å². The molecule has 0 bridgehead atoms. The zero-order chi connectivity index (χ0) is 16.7. The highest BCUT2D eigenvalue weighted by molar-refractivity contribution is 6.34. The van der Waals surface area contributed by atoms with Gasteiger partial charge in [0, 0.05) is 28.3 Å². The van der Waals surface area contributed by atoms with E-state index in [2.05, 4.69) is 0 Å². The maximum atomic E-state index is 12.8. The van der Waals surface area contributed by atoms with E-state index in [4.69, 9.17) is 11.6 Å².